The first kappa shape index (κ1) is 12.1. The van der Waals surface area contributed by atoms with Crippen LogP contribution in [0.15, 0.2) is 48.8 Å². The maximum atomic E-state index is 12.4. The lowest BCUT2D eigenvalue weighted by Gasteiger charge is -2.25. The summed E-state index contributed by atoms with van der Waals surface area (Å²) >= 11 is 0. The molecule has 0 fully saturated rings. The van der Waals surface area contributed by atoms with E-state index in [0.717, 1.165) is 24.1 Å². The number of benzene rings is 1. The molecular formula is C16H16N2O. The van der Waals surface area contributed by atoms with Crippen LogP contribution in [0.1, 0.15) is 22.7 Å². The molecule has 1 unspecified atom stereocenters. The molecule has 2 heterocycles. The molecule has 1 aliphatic rings. The minimum Gasteiger partial charge on any atom is -0.303 e. The van der Waals surface area contributed by atoms with Gasteiger partial charge in [0.15, 0.2) is 5.78 Å². The predicted octanol–water partition coefficient (Wildman–Crippen LogP) is 2.08. The van der Waals surface area contributed by atoms with E-state index < -0.39 is 0 Å². The minimum atomic E-state index is -0.168. The highest BCUT2D eigenvalue weighted by atomic mass is 16.1. The Hall–Kier alpha value is -2.00. The first-order valence-electron chi connectivity index (χ1n) is 6.57. The zero-order valence-electron chi connectivity index (χ0n) is 10.7. The highest BCUT2D eigenvalue weighted by Gasteiger charge is 2.25. The van der Waals surface area contributed by atoms with Gasteiger partial charge in [0.05, 0.1) is 6.04 Å². The molecular weight excluding hydrogens is 236 g/mol. The molecule has 3 rings (SSSR count). The number of hydrogen-bond donors (Lipinski definition) is 1. The van der Waals surface area contributed by atoms with Gasteiger partial charge in [0.1, 0.15) is 0 Å². The Morgan fingerprint density at radius 2 is 2.00 bits per heavy atom. The van der Waals surface area contributed by atoms with Crippen molar-refractivity contribution in [1.29, 1.82) is 0 Å². The molecule has 1 aromatic heterocycles. The first-order valence-corrected chi connectivity index (χ1v) is 6.57. The summed E-state index contributed by atoms with van der Waals surface area (Å²) in [4.78, 5) is 16.4. The van der Waals surface area contributed by atoms with Gasteiger partial charge in [-0.1, -0.05) is 24.3 Å². The van der Waals surface area contributed by atoms with Gasteiger partial charge in [-0.15, -0.1) is 0 Å². The highest BCUT2D eigenvalue weighted by Crippen LogP contribution is 2.24. The van der Waals surface area contributed by atoms with Crippen molar-refractivity contribution in [1.82, 2.24) is 10.3 Å². The second-order valence-corrected chi connectivity index (χ2v) is 4.83. The third-order valence-electron chi connectivity index (χ3n) is 3.56. The molecule has 19 heavy (non-hydrogen) atoms. The smallest absolute Gasteiger partial charge is 0.158 e. The van der Waals surface area contributed by atoms with Gasteiger partial charge in [0.2, 0.25) is 0 Å². The lowest BCUT2D eigenvalue weighted by molar-refractivity contribution is -0.120. The van der Waals surface area contributed by atoms with Crippen LogP contribution in [-0.2, 0) is 17.6 Å². The number of carbonyl (C=O) groups is 1. The fourth-order valence-corrected chi connectivity index (χ4v) is 2.60. The molecule has 0 radical (unpaired) electrons. The second kappa shape index (κ2) is 5.33. The van der Waals surface area contributed by atoms with E-state index in [1.54, 1.807) is 12.4 Å². The number of rotatable bonds is 3. The van der Waals surface area contributed by atoms with Crippen LogP contribution in [0.5, 0.6) is 0 Å². The van der Waals surface area contributed by atoms with E-state index in [4.69, 9.17) is 0 Å². The summed E-state index contributed by atoms with van der Waals surface area (Å²) in [6.07, 6.45) is 4.90. The number of aromatic nitrogens is 1. The summed E-state index contributed by atoms with van der Waals surface area (Å²) in [6, 6.07) is 11.8. The van der Waals surface area contributed by atoms with E-state index in [1.807, 2.05) is 24.3 Å². The van der Waals surface area contributed by atoms with Gasteiger partial charge in [-0.3, -0.25) is 9.78 Å². The lowest BCUT2D eigenvalue weighted by Crippen LogP contribution is -2.35. The molecule has 0 saturated carbocycles. The number of carbonyl (C=O) groups excluding carboxylic acids is 1. The summed E-state index contributed by atoms with van der Waals surface area (Å²) in [6.45, 7) is 0.865. The predicted molar refractivity (Wildman–Crippen MR) is 73.8 cm³/mol. The number of nitrogens with one attached hydrogen (secondary N) is 1. The van der Waals surface area contributed by atoms with Gasteiger partial charge < -0.3 is 5.32 Å². The molecule has 0 bridgehead atoms. The first-order chi connectivity index (χ1) is 9.34. The summed E-state index contributed by atoms with van der Waals surface area (Å²) in [7, 11) is 0. The molecule has 96 valence electrons. The van der Waals surface area contributed by atoms with Crippen molar-refractivity contribution < 1.29 is 4.79 Å². The fourth-order valence-electron chi connectivity index (χ4n) is 2.60. The van der Waals surface area contributed by atoms with Gasteiger partial charge >= 0.3 is 0 Å². The number of fused-ring (bicyclic) bond motifs is 1. The molecule has 1 aromatic carbocycles. The van der Waals surface area contributed by atoms with Gasteiger partial charge in [-0.25, -0.2) is 0 Å². The Bertz CT molecular complexity index is 580. The van der Waals surface area contributed by atoms with Crippen LogP contribution >= 0.6 is 0 Å². The van der Waals surface area contributed by atoms with Crippen LogP contribution in [-0.4, -0.2) is 17.3 Å². The Morgan fingerprint density at radius 1 is 1.21 bits per heavy atom. The van der Waals surface area contributed by atoms with Crippen LogP contribution in [0.4, 0.5) is 0 Å². The average molecular weight is 252 g/mol. The summed E-state index contributed by atoms with van der Waals surface area (Å²) in [5.41, 5.74) is 3.44. The number of ketones is 1. The van der Waals surface area contributed by atoms with Crippen molar-refractivity contribution in [2.45, 2.75) is 18.9 Å². The molecule has 1 aliphatic heterocycles. The van der Waals surface area contributed by atoms with Crippen molar-refractivity contribution in [3.05, 3.63) is 65.5 Å². The summed E-state index contributed by atoms with van der Waals surface area (Å²) in [5, 5.41) is 3.33. The van der Waals surface area contributed by atoms with Crippen LogP contribution in [0, 0.1) is 0 Å². The number of hydrogen-bond acceptors (Lipinski definition) is 3. The summed E-state index contributed by atoms with van der Waals surface area (Å²) in [5.74, 6) is 0.221. The monoisotopic (exact) mass is 252 g/mol. The molecule has 0 saturated heterocycles. The zero-order valence-corrected chi connectivity index (χ0v) is 10.7. The van der Waals surface area contributed by atoms with Crippen molar-refractivity contribution in [3.63, 3.8) is 0 Å². The highest BCUT2D eigenvalue weighted by molar-refractivity contribution is 5.87. The Kier molecular flexibility index (Phi) is 3.38. The molecule has 3 heteroatoms. The Morgan fingerprint density at radius 3 is 2.84 bits per heavy atom. The van der Waals surface area contributed by atoms with E-state index in [-0.39, 0.29) is 11.8 Å². The van der Waals surface area contributed by atoms with Crippen molar-refractivity contribution in [2.24, 2.45) is 0 Å². The molecule has 0 amide bonds. The van der Waals surface area contributed by atoms with Crippen molar-refractivity contribution >= 4 is 5.78 Å². The van der Waals surface area contributed by atoms with E-state index >= 15 is 0 Å². The Labute approximate surface area is 112 Å². The van der Waals surface area contributed by atoms with Crippen LogP contribution < -0.4 is 5.32 Å². The van der Waals surface area contributed by atoms with Crippen LogP contribution in [0.2, 0.25) is 0 Å². The van der Waals surface area contributed by atoms with Crippen molar-refractivity contribution in [3.8, 4) is 0 Å². The van der Waals surface area contributed by atoms with E-state index in [0.29, 0.717) is 6.42 Å². The third kappa shape index (κ3) is 2.56. The molecule has 1 atom stereocenters. The normalized spacial score (nSPS) is 17.8. The largest absolute Gasteiger partial charge is 0.303 e. The number of Topliss-reactive ketones (excluding diaryl/α,β-unsaturated/α-hetero) is 1. The second-order valence-electron chi connectivity index (χ2n) is 4.83. The standard InChI is InChI=1S/C16H16N2O/c19-15(11-12-5-8-17-9-6-12)16-14-4-2-1-3-13(14)7-10-18-16/h1-6,8-9,16,18H,7,10-11H2. The topological polar surface area (TPSA) is 42.0 Å². The minimum absolute atomic E-state index is 0.168. The van der Waals surface area contributed by atoms with Gasteiger partial charge in [-0.05, 0) is 35.2 Å². The summed E-state index contributed by atoms with van der Waals surface area (Å²) < 4.78 is 0. The molecule has 0 aliphatic carbocycles. The van der Waals surface area contributed by atoms with Gasteiger partial charge in [-0.2, -0.15) is 0 Å². The average Bonchev–Trinajstić information content (AvgIpc) is 2.47. The SMILES string of the molecule is O=C(Cc1ccncc1)C1NCCc2ccccc21. The fraction of sp³-hybridized carbons (Fsp3) is 0.250. The van der Waals surface area contributed by atoms with E-state index in [9.17, 15) is 4.79 Å². The number of pyridine rings is 1. The van der Waals surface area contributed by atoms with Gasteiger partial charge in [0.25, 0.3) is 0 Å². The van der Waals surface area contributed by atoms with E-state index in [2.05, 4.69) is 22.4 Å². The van der Waals surface area contributed by atoms with E-state index in [1.165, 1.54) is 5.56 Å². The lowest BCUT2D eigenvalue weighted by atomic mass is 9.90. The maximum absolute atomic E-state index is 12.4. The third-order valence-corrected chi connectivity index (χ3v) is 3.56. The molecule has 1 N–H and O–H groups in total. The van der Waals surface area contributed by atoms with Crippen LogP contribution in [0.25, 0.3) is 0 Å². The number of nitrogens with zero attached hydrogens (tertiary/aromatic N) is 1. The van der Waals surface area contributed by atoms with Crippen LogP contribution in [0.3, 0.4) is 0 Å². The quantitative estimate of drug-likeness (QED) is 0.909. The molecule has 0 spiro atoms. The maximum Gasteiger partial charge on any atom is 0.158 e. The zero-order chi connectivity index (χ0) is 13.1. The van der Waals surface area contributed by atoms with Crippen molar-refractivity contribution in [2.75, 3.05) is 6.54 Å². The molecule has 2 aromatic rings. The molecule has 3 nitrogen and oxygen atoms in total. The van der Waals surface area contributed by atoms with Gasteiger partial charge in [0, 0.05) is 25.4 Å². The Balaban J connectivity index is 1.82.